The first-order valence-corrected chi connectivity index (χ1v) is 11.5. The molecule has 0 bridgehead atoms. The zero-order valence-corrected chi connectivity index (χ0v) is 18.6. The van der Waals surface area contributed by atoms with Crippen molar-refractivity contribution < 1.29 is 9.47 Å². The minimum absolute atomic E-state index is 0.233. The van der Waals surface area contributed by atoms with E-state index >= 15 is 0 Å². The summed E-state index contributed by atoms with van der Waals surface area (Å²) in [5.74, 6) is 2.34. The predicted octanol–water partition coefficient (Wildman–Crippen LogP) is 4.97. The minimum Gasteiger partial charge on any atom is -0.493 e. The molecule has 1 aromatic heterocycles. The Kier molecular flexibility index (Phi) is 6.60. The van der Waals surface area contributed by atoms with Gasteiger partial charge >= 0.3 is 0 Å². The van der Waals surface area contributed by atoms with E-state index in [0.29, 0.717) is 6.42 Å². The van der Waals surface area contributed by atoms with E-state index in [1.54, 1.807) is 13.4 Å². The first-order chi connectivity index (χ1) is 15.2. The number of anilines is 1. The summed E-state index contributed by atoms with van der Waals surface area (Å²) in [6.07, 6.45) is 10.7. The van der Waals surface area contributed by atoms with Crippen LogP contribution in [0.2, 0.25) is 0 Å². The normalized spacial score (nSPS) is 20.7. The topological polar surface area (TPSA) is 80.1 Å². The highest BCUT2D eigenvalue weighted by Crippen LogP contribution is 2.43. The Labute approximate surface area is 185 Å². The summed E-state index contributed by atoms with van der Waals surface area (Å²) in [7, 11) is 1.67. The van der Waals surface area contributed by atoms with Crippen molar-refractivity contribution in [1.29, 1.82) is 5.26 Å². The monoisotopic (exact) mass is 420 g/mol. The van der Waals surface area contributed by atoms with Crippen LogP contribution in [0.3, 0.4) is 0 Å². The highest BCUT2D eigenvalue weighted by molar-refractivity contribution is 5.53. The molecule has 1 unspecified atom stereocenters. The lowest BCUT2D eigenvalue weighted by molar-refractivity contribution is 0.200. The fourth-order valence-corrected chi connectivity index (χ4v) is 4.77. The third kappa shape index (κ3) is 4.46. The van der Waals surface area contributed by atoms with E-state index < -0.39 is 5.41 Å². The van der Waals surface area contributed by atoms with Crippen molar-refractivity contribution >= 4 is 5.82 Å². The number of nitrogens with one attached hydrogen (secondary N) is 1. The van der Waals surface area contributed by atoms with Gasteiger partial charge in [0.1, 0.15) is 12.1 Å². The Morgan fingerprint density at radius 1 is 1.23 bits per heavy atom. The van der Waals surface area contributed by atoms with Crippen molar-refractivity contribution in [3.8, 4) is 17.6 Å². The second kappa shape index (κ2) is 9.55. The molecule has 0 amide bonds. The first kappa shape index (κ1) is 21.4. The third-order valence-corrected chi connectivity index (χ3v) is 6.65. The average molecular weight is 421 g/mol. The molecule has 6 heteroatoms. The molecule has 1 fully saturated rings. The molecule has 1 atom stereocenters. The highest BCUT2D eigenvalue weighted by atomic mass is 16.5. The van der Waals surface area contributed by atoms with Crippen LogP contribution in [0.5, 0.6) is 11.5 Å². The van der Waals surface area contributed by atoms with Crippen LogP contribution in [0.15, 0.2) is 24.5 Å². The van der Waals surface area contributed by atoms with E-state index in [2.05, 4.69) is 28.3 Å². The molecule has 0 radical (unpaired) electrons. The van der Waals surface area contributed by atoms with Crippen molar-refractivity contribution in [1.82, 2.24) is 9.97 Å². The maximum absolute atomic E-state index is 10.3. The fraction of sp³-hybridized carbons (Fsp3) is 0.560. The van der Waals surface area contributed by atoms with Gasteiger partial charge in [-0.15, -0.1) is 0 Å². The van der Waals surface area contributed by atoms with Gasteiger partial charge in [0.05, 0.1) is 24.7 Å². The predicted molar refractivity (Wildman–Crippen MR) is 121 cm³/mol. The third-order valence-electron chi connectivity index (χ3n) is 6.65. The minimum atomic E-state index is -0.626. The van der Waals surface area contributed by atoms with Crippen LogP contribution >= 0.6 is 0 Å². The van der Waals surface area contributed by atoms with E-state index in [-0.39, 0.29) is 6.10 Å². The van der Waals surface area contributed by atoms with E-state index in [4.69, 9.17) is 9.47 Å². The number of unbranched alkanes of at least 4 members (excludes halogenated alkanes) is 1. The molecule has 1 heterocycles. The number of nitrogens with zero attached hydrogens (tertiary/aromatic N) is 3. The summed E-state index contributed by atoms with van der Waals surface area (Å²) in [5.41, 5.74) is 2.48. The fourth-order valence-electron chi connectivity index (χ4n) is 4.77. The largest absolute Gasteiger partial charge is 0.493 e. The molecule has 164 valence electrons. The summed E-state index contributed by atoms with van der Waals surface area (Å²) >= 11 is 0. The number of aromatic nitrogens is 2. The summed E-state index contributed by atoms with van der Waals surface area (Å²) in [6, 6.07) is 8.63. The number of hydrogen-bond donors (Lipinski definition) is 1. The molecule has 0 aliphatic heterocycles. The molecule has 1 N–H and O–H groups in total. The second-order valence-electron chi connectivity index (χ2n) is 8.69. The van der Waals surface area contributed by atoms with Crippen LogP contribution in [0.4, 0.5) is 5.82 Å². The van der Waals surface area contributed by atoms with Gasteiger partial charge < -0.3 is 14.8 Å². The van der Waals surface area contributed by atoms with Crippen molar-refractivity contribution in [2.45, 2.75) is 76.2 Å². The summed E-state index contributed by atoms with van der Waals surface area (Å²) in [5, 5.41) is 13.8. The molecule has 2 aliphatic rings. The van der Waals surface area contributed by atoms with Gasteiger partial charge in [0, 0.05) is 24.2 Å². The van der Waals surface area contributed by atoms with Gasteiger partial charge in [0.25, 0.3) is 0 Å². The SMILES string of the molecule is CCCCNc1ncnc2c1CC(C#N)(c1ccc(OC)c(OC3CCCC3)c1)CC2. The molecule has 31 heavy (non-hydrogen) atoms. The number of methoxy groups -OCH3 is 1. The summed E-state index contributed by atoms with van der Waals surface area (Å²) in [6.45, 7) is 3.05. The molecule has 1 saturated carbocycles. The zero-order chi connectivity index (χ0) is 21.7. The number of ether oxygens (including phenoxy) is 2. The Balaban J connectivity index is 1.65. The van der Waals surface area contributed by atoms with Gasteiger partial charge in [0.15, 0.2) is 11.5 Å². The number of aryl methyl sites for hydroxylation is 1. The van der Waals surface area contributed by atoms with Gasteiger partial charge in [-0.25, -0.2) is 9.97 Å². The van der Waals surface area contributed by atoms with Crippen molar-refractivity contribution in [3.05, 3.63) is 41.3 Å². The Bertz CT molecular complexity index is 949. The van der Waals surface area contributed by atoms with E-state index in [1.165, 1.54) is 12.8 Å². The van der Waals surface area contributed by atoms with Gasteiger partial charge in [0.2, 0.25) is 0 Å². The molecule has 6 nitrogen and oxygen atoms in total. The van der Waals surface area contributed by atoms with Crippen LogP contribution in [-0.4, -0.2) is 29.7 Å². The van der Waals surface area contributed by atoms with Crippen molar-refractivity contribution in [2.24, 2.45) is 0 Å². The zero-order valence-electron chi connectivity index (χ0n) is 18.6. The number of benzene rings is 1. The lowest BCUT2D eigenvalue weighted by Crippen LogP contribution is -2.33. The number of fused-ring (bicyclic) bond motifs is 1. The molecule has 4 rings (SSSR count). The molecule has 0 spiro atoms. The van der Waals surface area contributed by atoms with Crippen molar-refractivity contribution in [3.63, 3.8) is 0 Å². The van der Waals surface area contributed by atoms with E-state index in [0.717, 1.165) is 79.2 Å². The number of rotatable bonds is 8. The first-order valence-electron chi connectivity index (χ1n) is 11.5. The molecular weight excluding hydrogens is 388 g/mol. The lowest BCUT2D eigenvalue weighted by atomic mass is 9.69. The maximum Gasteiger partial charge on any atom is 0.161 e. The average Bonchev–Trinajstić information content (AvgIpc) is 3.32. The Morgan fingerprint density at radius 2 is 2.06 bits per heavy atom. The quantitative estimate of drug-likeness (QED) is 0.608. The number of hydrogen-bond acceptors (Lipinski definition) is 6. The molecule has 0 saturated heterocycles. The highest BCUT2D eigenvalue weighted by Gasteiger charge is 2.39. The Morgan fingerprint density at radius 3 is 2.81 bits per heavy atom. The van der Waals surface area contributed by atoms with Crippen LogP contribution in [0.25, 0.3) is 0 Å². The van der Waals surface area contributed by atoms with Gasteiger partial charge in [-0.3, -0.25) is 0 Å². The molecular formula is C25H32N4O2. The summed E-state index contributed by atoms with van der Waals surface area (Å²) < 4.78 is 11.9. The van der Waals surface area contributed by atoms with Gasteiger partial charge in [-0.05, 0) is 62.6 Å². The Hall–Kier alpha value is -2.81. The smallest absolute Gasteiger partial charge is 0.161 e. The van der Waals surface area contributed by atoms with Crippen LogP contribution in [0, 0.1) is 11.3 Å². The van der Waals surface area contributed by atoms with E-state index in [9.17, 15) is 5.26 Å². The second-order valence-corrected chi connectivity index (χ2v) is 8.69. The van der Waals surface area contributed by atoms with Crippen LogP contribution in [-0.2, 0) is 18.3 Å². The van der Waals surface area contributed by atoms with Crippen LogP contribution in [0.1, 0.15) is 68.7 Å². The van der Waals surface area contributed by atoms with Crippen LogP contribution < -0.4 is 14.8 Å². The van der Waals surface area contributed by atoms with Gasteiger partial charge in [-0.2, -0.15) is 5.26 Å². The van der Waals surface area contributed by atoms with Gasteiger partial charge in [-0.1, -0.05) is 19.4 Å². The molecule has 2 aliphatic carbocycles. The molecule has 1 aromatic carbocycles. The lowest BCUT2D eigenvalue weighted by Gasteiger charge is -2.33. The van der Waals surface area contributed by atoms with E-state index in [1.807, 2.05) is 18.2 Å². The molecule has 2 aromatic rings. The standard InChI is InChI=1S/C25H32N4O2/c1-3-4-13-27-24-20-15-25(16-26,12-11-21(20)28-17-29-24)18-9-10-22(30-2)23(14-18)31-19-7-5-6-8-19/h9-10,14,17,19H,3-8,11-13,15H2,1-2H3,(H,27,28,29). The number of nitriles is 1. The summed E-state index contributed by atoms with van der Waals surface area (Å²) in [4.78, 5) is 9.00. The maximum atomic E-state index is 10.3. The van der Waals surface area contributed by atoms with Crippen molar-refractivity contribution in [2.75, 3.05) is 19.0 Å².